The van der Waals surface area contributed by atoms with E-state index < -0.39 is 23.9 Å². The maximum absolute atomic E-state index is 11.8. The second kappa shape index (κ2) is 9.15. The number of carbonyl (C=O) groups excluding carboxylic acids is 1. The predicted octanol–water partition coefficient (Wildman–Crippen LogP) is -0.979. The monoisotopic (exact) mass is 274 g/mol. The van der Waals surface area contributed by atoms with Gasteiger partial charge in [0.15, 0.2) is 5.96 Å². The van der Waals surface area contributed by atoms with Gasteiger partial charge in [0.05, 0.1) is 19.1 Å². The van der Waals surface area contributed by atoms with Gasteiger partial charge in [0.2, 0.25) is 0 Å². The van der Waals surface area contributed by atoms with Crippen molar-refractivity contribution in [3.05, 3.63) is 0 Å². The lowest BCUT2D eigenvalue weighted by Gasteiger charge is -2.16. The summed E-state index contributed by atoms with van der Waals surface area (Å²) in [7, 11) is 0. The summed E-state index contributed by atoms with van der Waals surface area (Å²) in [6.07, 6.45) is 1.56. The number of ether oxygens (including phenoxy) is 1. The van der Waals surface area contributed by atoms with Crippen molar-refractivity contribution in [1.82, 2.24) is 0 Å². The maximum Gasteiger partial charge on any atom is 0.320 e. The van der Waals surface area contributed by atoms with Crippen LogP contribution in [0.15, 0.2) is 4.99 Å². The molecular formula is C11H22N4O4. The van der Waals surface area contributed by atoms with Crippen LogP contribution in [-0.4, -0.2) is 42.2 Å². The highest BCUT2D eigenvalue weighted by Crippen LogP contribution is 2.10. The third-order valence-corrected chi connectivity index (χ3v) is 2.43. The number of nitrogens with two attached hydrogens (primary N) is 3. The molecule has 8 heteroatoms. The van der Waals surface area contributed by atoms with E-state index in [0.29, 0.717) is 0 Å². The van der Waals surface area contributed by atoms with Crippen molar-refractivity contribution in [2.75, 3.05) is 13.2 Å². The summed E-state index contributed by atoms with van der Waals surface area (Å²) in [5, 5.41) is 8.74. The number of aliphatic imine (C=N–C) groups is 1. The van der Waals surface area contributed by atoms with Crippen LogP contribution < -0.4 is 17.2 Å². The Hall–Kier alpha value is -1.83. The van der Waals surface area contributed by atoms with Gasteiger partial charge in [0.25, 0.3) is 0 Å². The zero-order valence-corrected chi connectivity index (χ0v) is 11.0. The Labute approximate surface area is 112 Å². The highest BCUT2D eigenvalue weighted by molar-refractivity contribution is 5.78. The van der Waals surface area contributed by atoms with Gasteiger partial charge in [-0.25, -0.2) is 0 Å². The maximum atomic E-state index is 11.8. The molecule has 0 aromatic rings. The quantitative estimate of drug-likeness (QED) is 0.182. The van der Waals surface area contributed by atoms with Gasteiger partial charge < -0.3 is 27.0 Å². The van der Waals surface area contributed by atoms with Crippen LogP contribution in [0.3, 0.4) is 0 Å². The van der Waals surface area contributed by atoms with Crippen LogP contribution in [0.5, 0.6) is 0 Å². The molecule has 0 saturated heterocycles. The van der Waals surface area contributed by atoms with Crippen LogP contribution in [-0.2, 0) is 14.3 Å². The third kappa shape index (κ3) is 7.98. The molecule has 2 atom stereocenters. The van der Waals surface area contributed by atoms with Gasteiger partial charge in [0, 0.05) is 0 Å². The number of carbonyl (C=O) groups is 2. The van der Waals surface area contributed by atoms with Crippen molar-refractivity contribution in [3.63, 3.8) is 0 Å². The number of hydrogen-bond donors (Lipinski definition) is 4. The van der Waals surface area contributed by atoms with Crippen molar-refractivity contribution in [2.45, 2.75) is 32.2 Å². The van der Waals surface area contributed by atoms with Crippen molar-refractivity contribution in [1.29, 1.82) is 0 Å². The van der Waals surface area contributed by atoms with Crippen molar-refractivity contribution < 1.29 is 19.4 Å². The molecule has 7 N–H and O–H groups in total. The largest absolute Gasteiger partial charge is 0.480 e. The lowest BCUT2D eigenvalue weighted by atomic mass is 10.0. The number of hydrogen-bond acceptors (Lipinski definition) is 5. The molecule has 0 aliphatic rings. The zero-order chi connectivity index (χ0) is 14.8. The molecule has 0 rings (SSSR count). The first-order valence-electron chi connectivity index (χ1n) is 6.08. The Bertz CT molecular complexity index is 329. The first-order chi connectivity index (χ1) is 8.88. The van der Waals surface area contributed by atoms with Gasteiger partial charge in [0.1, 0.15) is 6.04 Å². The number of nitrogens with zero attached hydrogens (tertiary/aromatic N) is 1. The van der Waals surface area contributed by atoms with Gasteiger partial charge in [-0.2, -0.15) is 0 Å². The molecule has 0 saturated carbocycles. The minimum atomic E-state index is -1.18. The van der Waals surface area contributed by atoms with Gasteiger partial charge in [-0.1, -0.05) is 13.3 Å². The predicted molar refractivity (Wildman–Crippen MR) is 70.3 cm³/mol. The summed E-state index contributed by atoms with van der Waals surface area (Å²) >= 11 is 0. The number of rotatable bonds is 9. The fourth-order valence-electron chi connectivity index (χ4n) is 1.30. The molecule has 19 heavy (non-hydrogen) atoms. The topological polar surface area (TPSA) is 154 Å². The van der Waals surface area contributed by atoms with E-state index in [1.54, 1.807) is 0 Å². The van der Waals surface area contributed by atoms with Crippen LogP contribution in [0.1, 0.15) is 26.2 Å². The first-order valence-corrected chi connectivity index (χ1v) is 6.08. The molecule has 0 aromatic heterocycles. The number of unbranched alkanes of at least 4 members (excludes halogenated alkanes) is 1. The molecule has 2 unspecified atom stereocenters. The first kappa shape index (κ1) is 17.2. The van der Waals surface area contributed by atoms with E-state index in [1.807, 2.05) is 6.92 Å². The lowest BCUT2D eigenvalue weighted by Crippen LogP contribution is -2.36. The molecule has 0 bridgehead atoms. The van der Waals surface area contributed by atoms with E-state index >= 15 is 0 Å². The van der Waals surface area contributed by atoms with Crippen LogP contribution >= 0.6 is 0 Å². The number of aliphatic carboxylic acids is 1. The minimum Gasteiger partial charge on any atom is -0.480 e. The Morgan fingerprint density at radius 2 is 2.00 bits per heavy atom. The van der Waals surface area contributed by atoms with E-state index in [1.165, 1.54) is 0 Å². The molecular weight excluding hydrogens is 252 g/mol. The standard InChI is InChI=1S/C11H22N4O4/c1-2-3-4-19-10(18)7(6-15-11(13)14)5-8(12)9(16)17/h7-8H,2-6,12H2,1H3,(H,16,17)(H4,13,14,15). The summed E-state index contributed by atoms with van der Waals surface area (Å²) in [6, 6.07) is -1.15. The second-order valence-electron chi connectivity index (χ2n) is 4.16. The molecule has 0 amide bonds. The number of carboxylic acids is 1. The van der Waals surface area contributed by atoms with E-state index in [2.05, 4.69) is 4.99 Å². The lowest BCUT2D eigenvalue weighted by molar-refractivity contribution is -0.149. The molecule has 0 aliphatic heterocycles. The summed E-state index contributed by atoms with van der Waals surface area (Å²) in [5.74, 6) is -2.65. The zero-order valence-electron chi connectivity index (χ0n) is 11.0. The van der Waals surface area contributed by atoms with Crippen LogP contribution in [0.25, 0.3) is 0 Å². The van der Waals surface area contributed by atoms with E-state index in [9.17, 15) is 9.59 Å². The molecule has 0 fully saturated rings. The van der Waals surface area contributed by atoms with E-state index in [4.69, 9.17) is 27.0 Å². The molecule has 0 aromatic carbocycles. The Morgan fingerprint density at radius 1 is 1.37 bits per heavy atom. The second-order valence-corrected chi connectivity index (χ2v) is 4.16. The SMILES string of the molecule is CCCCOC(=O)C(CN=C(N)N)CC(N)C(=O)O. The van der Waals surface area contributed by atoms with Gasteiger partial charge in [-0.05, 0) is 12.8 Å². The smallest absolute Gasteiger partial charge is 0.320 e. The van der Waals surface area contributed by atoms with Crippen LogP contribution in [0.2, 0.25) is 0 Å². The fourth-order valence-corrected chi connectivity index (χ4v) is 1.30. The molecule has 8 nitrogen and oxygen atoms in total. The van der Waals surface area contributed by atoms with Crippen LogP contribution in [0.4, 0.5) is 0 Å². The van der Waals surface area contributed by atoms with Gasteiger partial charge in [-0.3, -0.25) is 14.6 Å². The van der Waals surface area contributed by atoms with Gasteiger partial charge >= 0.3 is 11.9 Å². The highest BCUT2D eigenvalue weighted by Gasteiger charge is 2.25. The van der Waals surface area contributed by atoms with Gasteiger partial charge in [-0.15, -0.1) is 0 Å². The Balaban J connectivity index is 4.51. The summed E-state index contributed by atoms with van der Waals surface area (Å²) in [4.78, 5) is 26.2. The Morgan fingerprint density at radius 3 is 2.47 bits per heavy atom. The average molecular weight is 274 g/mol. The number of esters is 1. The average Bonchev–Trinajstić information content (AvgIpc) is 2.33. The van der Waals surface area contributed by atoms with Crippen LogP contribution in [0, 0.1) is 5.92 Å². The summed E-state index contributed by atoms with van der Waals surface area (Å²) in [6.45, 7) is 2.22. The third-order valence-electron chi connectivity index (χ3n) is 2.43. The highest BCUT2D eigenvalue weighted by atomic mass is 16.5. The molecule has 0 aliphatic carbocycles. The van der Waals surface area contributed by atoms with Crippen molar-refractivity contribution in [3.8, 4) is 0 Å². The van der Waals surface area contributed by atoms with E-state index in [-0.39, 0.29) is 25.5 Å². The molecule has 0 heterocycles. The Kier molecular flexibility index (Phi) is 8.27. The fraction of sp³-hybridized carbons (Fsp3) is 0.727. The summed E-state index contributed by atoms with van der Waals surface area (Å²) in [5.41, 5.74) is 15.8. The minimum absolute atomic E-state index is 0.0335. The van der Waals surface area contributed by atoms with Crippen molar-refractivity contribution in [2.24, 2.45) is 28.1 Å². The number of carboxylic acid groups (broad SMARTS) is 1. The normalized spacial score (nSPS) is 13.4. The van der Waals surface area contributed by atoms with Crippen molar-refractivity contribution >= 4 is 17.9 Å². The summed E-state index contributed by atoms with van der Waals surface area (Å²) < 4.78 is 5.02. The molecule has 110 valence electrons. The van der Waals surface area contributed by atoms with E-state index in [0.717, 1.165) is 12.8 Å². The number of guanidine groups is 1. The molecule has 0 radical (unpaired) electrons. The molecule has 0 spiro atoms.